The van der Waals surface area contributed by atoms with E-state index in [1.807, 2.05) is 42.5 Å². The molecule has 0 radical (unpaired) electrons. The average Bonchev–Trinajstić information content (AvgIpc) is 3.28. The van der Waals surface area contributed by atoms with Crippen LogP contribution < -0.4 is 10.2 Å². The van der Waals surface area contributed by atoms with Crippen LogP contribution in [0.25, 0.3) is 10.9 Å². The van der Waals surface area contributed by atoms with Gasteiger partial charge in [-0.1, -0.05) is 19.1 Å². The van der Waals surface area contributed by atoms with Gasteiger partial charge < -0.3 is 10.2 Å². The molecule has 2 amide bonds. The first-order valence-electron chi connectivity index (χ1n) is 8.77. The lowest BCUT2D eigenvalue weighted by molar-refractivity contribution is -0.122. The van der Waals surface area contributed by atoms with Crippen LogP contribution in [0.3, 0.4) is 0 Å². The van der Waals surface area contributed by atoms with Gasteiger partial charge in [-0.15, -0.1) is 0 Å². The van der Waals surface area contributed by atoms with Crippen molar-refractivity contribution in [2.45, 2.75) is 19.8 Å². The van der Waals surface area contributed by atoms with E-state index in [0.717, 1.165) is 23.0 Å². The van der Waals surface area contributed by atoms with Gasteiger partial charge in [-0.25, -0.2) is 0 Å². The van der Waals surface area contributed by atoms with Crippen molar-refractivity contribution < 1.29 is 9.59 Å². The van der Waals surface area contributed by atoms with Crippen LogP contribution in [0.4, 0.5) is 11.4 Å². The summed E-state index contributed by atoms with van der Waals surface area (Å²) < 4.78 is 0. The molecule has 1 aliphatic heterocycles. The Labute approximate surface area is 151 Å². The number of benzene rings is 2. The number of anilines is 2. The topological polar surface area (TPSA) is 78.1 Å². The third kappa shape index (κ3) is 3.06. The second-order valence-corrected chi connectivity index (χ2v) is 6.59. The summed E-state index contributed by atoms with van der Waals surface area (Å²) in [7, 11) is 0. The molecular weight excluding hydrogens is 328 g/mol. The molecular formula is C20H20N4O2. The summed E-state index contributed by atoms with van der Waals surface area (Å²) in [6.45, 7) is 2.50. The summed E-state index contributed by atoms with van der Waals surface area (Å²) in [5.74, 6) is -0.498. The number of carbonyl (C=O) groups excluding carboxylic acids is 2. The van der Waals surface area contributed by atoms with E-state index in [9.17, 15) is 9.59 Å². The molecule has 0 bridgehead atoms. The number of rotatable bonds is 4. The SMILES string of the molecule is CCc1ccc(N2C[C@@H](C(=O)Nc3ccc4[nH]ncc4c3)CC2=O)cc1. The summed E-state index contributed by atoms with van der Waals surface area (Å²) in [5.41, 5.74) is 3.70. The molecule has 0 saturated carbocycles. The van der Waals surface area contributed by atoms with Gasteiger partial charge in [0.05, 0.1) is 17.6 Å². The quantitative estimate of drug-likeness (QED) is 0.760. The lowest BCUT2D eigenvalue weighted by Gasteiger charge is -2.17. The van der Waals surface area contributed by atoms with Crippen LogP contribution in [0.15, 0.2) is 48.7 Å². The third-order valence-electron chi connectivity index (χ3n) is 4.86. The van der Waals surface area contributed by atoms with Gasteiger partial charge in [0.25, 0.3) is 0 Å². The van der Waals surface area contributed by atoms with Gasteiger partial charge in [-0.3, -0.25) is 14.7 Å². The molecule has 1 fully saturated rings. The van der Waals surface area contributed by atoms with Crippen molar-refractivity contribution in [1.82, 2.24) is 10.2 Å². The highest BCUT2D eigenvalue weighted by molar-refractivity contribution is 6.04. The molecule has 132 valence electrons. The highest BCUT2D eigenvalue weighted by Crippen LogP contribution is 2.27. The Bertz CT molecular complexity index is 961. The third-order valence-corrected chi connectivity index (χ3v) is 4.86. The molecule has 1 aromatic heterocycles. The molecule has 2 aromatic carbocycles. The first kappa shape index (κ1) is 16.3. The van der Waals surface area contributed by atoms with Gasteiger partial charge in [-0.2, -0.15) is 5.10 Å². The van der Waals surface area contributed by atoms with Crippen LogP contribution in [-0.4, -0.2) is 28.6 Å². The summed E-state index contributed by atoms with van der Waals surface area (Å²) in [4.78, 5) is 26.7. The van der Waals surface area contributed by atoms with Crippen molar-refractivity contribution in [3.05, 3.63) is 54.2 Å². The maximum Gasteiger partial charge on any atom is 0.229 e. The molecule has 0 aliphatic carbocycles. The minimum absolute atomic E-state index is 0.0142. The Morgan fingerprint density at radius 3 is 2.85 bits per heavy atom. The summed E-state index contributed by atoms with van der Waals surface area (Å²) in [5, 5.41) is 10.7. The van der Waals surface area contributed by atoms with Gasteiger partial charge in [0, 0.05) is 29.7 Å². The minimum atomic E-state index is -0.353. The second kappa shape index (κ2) is 6.63. The molecule has 2 heterocycles. The zero-order chi connectivity index (χ0) is 18.1. The Kier molecular flexibility index (Phi) is 4.16. The fraction of sp³-hybridized carbons (Fsp3) is 0.250. The molecule has 1 aliphatic rings. The van der Waals surface area contributed by atoms with Gasteiger partial charge in [0.2, 0.25) is 11.8 Å². The second-order valence-electron chi connectivity index (χ2n) is 6.59. The summed E-state index contributed by atoms with van der Waals surface area (Å²) >= 11 is 0. The summed E-state index contributed by atoms with van der Waals surface area (Å²) in [6, 6.07) is 13.5. The van der Waals surface area contributed by atoms with Crippen molar-refractivity contribution in [2.75, 3.05) is 16.8 Å². The van der Waals surface area contributed by atoms with Crippen molar-refractivity contribution in [2.24, 2.45) is 5.92 Å². The maximum atomic E-state index is 12.6. The van der Waals surface area contributed by atoms with Crippen LogP contribution in [0.1, 0.15) is 18.9 Å². The summed E-state index contributed by atoms with van der Waals surface area (Å²) in [6.07, 6.45) is 2.90. The smallest absolute Gasteiger partial charge is 0.229 e. The van der Waals surface area contributed by atoms with Crippen LogP contribution in [0.2, 0.25) is 0 Å². The molecule has 4 rings (SSSR count). The lowest BCUT2D eigenvalue weighted by Crippen LogP contribution is -2.28. The van der Waals surface area contributed by atoms with E-state index in [1.165, 1.54) is 5.56 Å². The molecule has 0 spiro atoms. The molecule has 6 heteroatoms. The molecule has 6 nitrogen and oxygen atoms in total. The number of aryl methyl sites for hydroxylation is 1. The largest absolute Gasteiger partial charge is 0.326 e. The molecule has 1 saturated heterocycles. The molecule has 26 heavy (non-hydrogen) atoms. The number of hydrogen-bond acceptors (Lipinski definition) is 3. The van der Waals surface area contributed by atoms with E-state index in [2.05, 4.69) is 22.4 Å². The molecule has 0 unspecified atom stereocenters. The van der Waals surface area contributed by atoms with E-state index >= 15 is 0 Å². The molecule has 1 atom stereocenters. The van der Waals surface area contributed by atoms with Gasteiger partial charge in [0.15, 0.2) is 0 Å². The number of nitrogens with one attached hydrogen (secondary N) is 2. The van der Waals surface area contributed by atoms with E-state index in [4.69, 9.17) is 0 Å². The fourth-order valence-corrected chi connectivity index (χ4v) is 3.31. The maximum absolute atomic E-state index is 12.6. The Morgan fingerprint density at radius 2 is 2.08 bits per heavy atom. The van der Waals surface area contributed by atoms with E-state index in [1.54, 1.807) is 11.1 Å². The zero-order valence-corrected chi connectivity index (χ0v) is 14.5. The number of aromatic amines is 1. The zero-order valence-electron chi connectivity index (χ0n) is 14.5. The number of hydrogen-bond donors (Lipinski definition) is 2. The Balaban J connectivity index is 1.45. The van der Waals surface area contributed by atoms with Gasteiger partial charge in [-0.05, 0) is 42.3 Å². The molecule has 2 N–H and O–H groups in total. The number of H-pyrrole nitrogens is 1. The van der Waals surface area contributed by atoms with Crippen molar-refractivity contribution in [3.63, 3.8) is 0 Å². The van der Waals surface area contributed by atoms with Crippen LogP contribution in [-0.2, 0) is 16.0 Å². The number of carbonyl (C=O) groups is 2. The van der Waals surface area contributed by atoms with Crippen LogP contribution in [0.5, 0.6) is 0 Å². The van der Waals surface area contributed by atoms with Gasteiger partial charge in [0.1, 0.15) is 0 Å². The number of nitrogens with zero attached hydrogens (tertiary/aromatic N) is 2. The molecule has 3 aromatic rings. The number of fused-ring (bicyclic) bond motifs is 1. The average molecular weight is 348 g/mol. The van der Waals surface area contributed by atoms with Crippen LogP contribution in [0, 0.1) is 5.92 Å². The Hall–Kier alpha value is -3.15. The van der Waals surface area contributed by atoms with Crippen molar-refractivity contribution >= 4 is 34.1 Å². The van der Waals surface area contributed by atoms with Crippen LogP contribution >= 0.6 is 0 Å². The number of amides is 2. The predicted octanol–water partition coefficient (Wildman–Crippen LogP) is 3.12. The first-order valence-corrected chi connectivity index (χ1v) is 8.77. The van der Waals surface area contributed by atoms with E-state index in [0.29, 0.717) is 12.2 Å². The standard InChI is InChI=1S/C20H20N4O2/c1-2-13-3-6-17(7-4-13)24-12-15(10-19(24)25)20(26)22-16-5-8-18-14(9-16)11-21-23-18/h3-9,11,15H,2,10,12H2,1H3,(H,21,23)(H,22,26)/t15-/m0/s1. The van der Waals surface area contributed by atoms with E-state index < -0.39 is 0 Å². The monoisotopic (exact) mass is 348 g/mol. The number of aromatic nitrogens is 2. The predicted molar refractivity (Wildman–Crippen MR) is 101 cm³/mol. The minimum Gasteiger partial charge on any atom is -0.326 e. The highest BCUT2D eigenvalue weighted by Gasteiger charge is 2.35. The fourth-order valence-electron chi connectivity index (χ4n) is 3.31. The van der Waals surface area contributed by atoms with E-state index in [-0.39, 0.29) is 24.2 Å². The first-order chi connectivity index (χ1) is 12.6. The highest BCUT2D eigenvalue weighted by atomic mass is 16.2. The van der Waals surface area contributed by atoms with Gasteiger partial charge >= 0.3 is 0 Å². The Morgan fingerprint density at radius 1 is 1.27 bits per heavy atom. The van der Waals surface area contributed by atoms with Crippen molar-refractivity contribution in [3.8, 4) is 0 Å². The van der Waals surface area contributed by atoms with Crippen molar-refractivity contribution in [1.29, 1.82) is 0 Å². The lowest BCUT2D eigenvalue weighted by atomic mass is 10.1. The normalized spacial score (nSPS) is 17.0.